The third-order valence-electron chi connectivity index (χ3n) is 3.32. The Morgan fingerprint density at radius 2 is 1.90 bits per heavy atom. The smallest absolute Gasteiger partial charge is 0.319 e. The van der Waals surface area contributed by atoms with Gasteiger partial charge in [0.1, 0.15) is 17.7 Å². The Hall–Kier alpha value is -2.18. The number of hydrogen-bond acceptors (Lipinski definition) is 2. The lowest BCUT2D eigenvalue weighted by Gasteiger charge is -2.21. The van der Waals surface area contributed by atoms with Gasteiger partial charge in [-0.2, -0.15) is 0 Å². The number of benzene rings is 1. The van der Waals surface area contributed by atoms with E-state index in [1.54, 1.807) is 11.8 Å². The lowest BCUT2D eigenvalue weighted by atomic mass is 10.3. The van der Waals surface area contributed by atoms with E-state index in [0.29, 0.717) is 19.2 Å². The Kier molecular flexibility index (Phi) is 4.72. The van der Waals surface area contributed by atoms with Gasteiger partial charge in [0.15, 0.2) is 0 Å². The largest absolute Gasteiger partial charge is 0.341 e. The molecule has 0 aliphatic carbocycles. The van der Waals surface area contributed by atoms with Gasteiger partial charge in [-0.1, -0.05) is 0 Å². The molecule has 0 aromatic heterocycles. The summed E-state index contributed by atoms with van der Waals surface area (Å²) in [6.45, 7) is 2.96. The summed E-state index contributed by atoms with van der Waals surface area (Å²) in [6, 6.07) is 1.43. The maximum atomic E-state index is 13.4. The molecule has 1 aliphatic rings. The molecule has 0 spiro atoms. The van der Waals surface area contributed by atoms with Crippen LogP contribution in [0.4, 0.5) is 19.3 Å². The summed E-state index contributed by atoms with van der Waals surface area (Å²) in [5.74, 6) is -1.76. The van der Waals surface area contributed by atoms with Crippen molar-refractivity contribution in [3.63, 3.8) is 0 Å². The molecule has 2 N–H and O–H groups in total. The maximum Gasteiger partial charge on any atom is 0.319 e. The van der Waals surface area contributed by atoms with E-state index in [9.17, 15) is 18.4 Å². The minimum absolute atomic E-state index is 0.144. The number of likely N-dealkylation sites (tertiary alicyclic amines) is 1. The molecule has 21 heavy (non-hydrogen) atoms. The predicted octanol–water partition coefficient (Wildman–Crippen LogP) is 2.10. The van der Waals surface area contributed by atoms with Gasteiger partial charge in [-0.15, -0.1) is 0 Å². The van der Waals surface area contributed by atoms with Gasteiger partial charge in [0.2, 0.25) is 5.91 Å². The molecular weight excluding hydrogens is 280 g/mol. The van der Waals surface area contributed by atoms with E-state index < -0.39 is 23.7 Å². The fourth-order valence-corrected chi connectivity index (χ4v) is 2.22. The van der Waals surface area contributed by atoms with E-state index in [1.165, 1.54) is 0 Å². The topological polar surface area (TPSA) is 61.4 Å². The summed E-state index contributed by atoms with van der Waals surface area (Å²) in [4.78, 5) is 25.4. The Labute approximate surface area is 121 Å². The second-order valence-corrected chi connectivity index (χ2v) is 4.98. The number of nitrogens with one attached hydrogen (secondary N) is 2. The summed E-state index contributed by atoms with van der Waals surface area (Å²) in [5, 5.41) is 4.70. The first kappa shape index (κ1) is 15.2. The van der Waals surface area contributed by atoms with Crippen molar-refractivity contribution in [3.05, 3.63) is 29.8 Å². The summed E-state index contributed by atoms with van der Waals surface area (Å²) in [5.41, 5.74) is -0.144. The average Bonchev–Trinajstić information content (AvgIpc) is 2.95. The van der Waals surface area contributed by atoms with Crippen molar-refractivity contribution in [2.45, 2.75) is 25.8 Å². The van der Waals surface area contributed by atoms with E-state index in [-0.39, 0.29) is 11.6 Å². The molecule has 1 atom stereocenters. The number of amides is 3. The van der Waals surface area contributed by atoms with Crippen LogP contribution in [0.2, 0.25) is 0 Å². The molecule has 0 unspecified atom stereocenters. The van der Waals surface area contributed by atoms with Gasteiger partial charge in [-0.25, -0.2) is 13.6 Å². The normalized spacial score (nSPS) is 15.7. The van der Waals surface area contributed by atoms with Crippen molar-refractivity contribution >= 4 is 17.6 Å². The molecule has 1 aromatic rings. The minimum atomic E-state index is -0.872. The zero-order chi connectivity index (χ0) is 15.4. The van der Waals surface area contributed by atoms with Crippen LogP contribution in [0.15, 0.2) is 18.2 Å². The standard InChI is InChI=1S/C14H17F2N3O2/c1-9(13(20)19-6-2-3-7-19)17-14(21)18-12-5-4-10(15)8-11(12)16/h4-5,8-9H,2-3,6-7H2,1H3,(H2,17,18,21)/t9-/m0/s1. The van der Waals surface area contributed by atoms with E-state index in [0.717, 1.165) is 25.0 Å². The number of rotatable bonds is 3. The molecule has 114 valence electrons. The van der Waals surface area contributed by atoms with Crippen LogP contribution < -0.4 is 10.6 Å². The van der Waals surface area contributed by atoms with E-state index in [2.05, 4.69) is 10.6 Å². The van der Waals surface area contributed by atoms with Crippen LogP contribution >= 0.6 is 0 Å². The lowest BCUT2D eigenvalue weighted by molar-refractivity contribution is -0.131. The van der Waals surface area contributed by atoms with Crippen molar-refractivity contribution in [3.8, 4) is 0 Å². The quantitative estimate of drug-likeness (QED) is 0.897. The predicted molar refractivity (Wildman–Crippen MR) is 73.8 cm³/mol. The first-order valence-electron chi connectivity index (χ1n) is 6.79. The Morgan fingerprint density at radius 1 is 1.24 bits per heavy atom. The van der Waals surface area contributed by atoms with Crippen molar-refractivity contribution in [2.75, 3.05) is 18.4 Å². The van der Waals surface area contributed by atoms with Crippen LogP contribution in [0, 0.1) is 11.6 Å². The second-order valence-electron chi connectivity index (χ2n) is 4.98. The summed E-state index contributed by atoms with van der Waals surface area (Å²) in [6.07, 6.45) is 1.93. The fourth-order valence-electron chi connectivity index (χ4n) is 2.22. The Bertz CT molecular complexity index is 545. The molecule has 0 radical (unpaired) electrons. The molecule has 1 saturated heterocycles. The number of carbonyl (C=O) groups is 2. The number of urea groups is 1. The van der Waals surface area contributed by atoms with Crippen molar-refractivity contribution in [2.24, 2.45) is 0 Å². The van der Waals surface area contributed by atoms with Gasteiger partial charge in [0, 0.05) is 19.2 Å². The molecule has 1 heterocycles. The van der Waals surface area contributed by atoms with E-state index in [1.807, 2.05) is 0 Å². The molecule has 1 aliphatic heterocycles. The fraction of sp³-hybridized carbons (Fsp3) is 0.429. The molecular formula is C14H17F2N3O2. The van der Waals surface area contributed by atoms with Gasteiger partial charge >= 0.3 is 6.03 Å². The number of nitrogens with zero attached hydrogens (tertiary/aromatic N) is 1. The van der Waals surface area contributed by atoms with Crippen LogP contribution in [-0.4, -0.2) is 36.0 Å². The SMILES string of the molecule is C[C@H](NC(=O)Nc1ccc(F)cc1F)C(=O)N1CCCC1. The van der Waals surface area contributed by atoms with Gasteiger partial charge in [-0.3, -0.25) is 4.79 Å². The summed E-state index contributed by atoms with van der Waals surface area (Å²) >= 11 is 0. The molecule has 1 fully saturated rings. The molecule has 0 bridgehead atoms. The summed E-state index contributed by atoms with van der Waals surface area (Å²) < 4.78 is 26.1. The van der Waals surface area contributed by atoms with Crippen LogP contribution in [0.1, 0.15) is 19.8 Å². The third-order valence-corrected chi connectivity index (χ3v) is 3.32. The molecule has 2 rings (SSSR count). The highest BCUT2D eigenvalue weighted by Gasteiger charge is 2.24. The average molecular weight is 297 g/mol. The number of halogens is 2. The van der Waals surface area contributed by atoms with Gasteiger partial charge in [-0.05, 0) is 31.9 Å². The van der Waals surface area contributed by atoms with Crippen LogP contribution in [0.3, 0.4) is 0 Å². The highest BCUT2D eigenvalue weighted by Crippen LogP contribution is 2.15. The Balaban J connectivity index is 1.90. The van der Waals surface area contributed by atoms with Gasteiger partial charge in [0.25, 0.3) is 0 Å². The highest BCUT2D eigenvalue weighted by molar-refractivity contribution is 5.93. The third kappa shape index (κ3) is 3.90. The first-order chi connectivity index (χ1) is 9.97. The zero-order valence-electron chi connectivity index (χ0n) is 11.7. The van der Waals surface area contributed by atoms with E-state index >= 15 is 0 Å². The maximum absolute atomic E-state index is 13.4. The monoisotopic (exact) mass is 297 g/mol. The molecule has 0 saturated carbocycles. The molecule has 1 aromatic carbocycles. The van der Waals surface area contributed by atoms with Crippen LogP contribution in [0.25, 0.3) is 0 Å². The zero-order valence-corrected chi connectivity index (χ0v) is 11.7. The van der Waals surface area contributed by atoms with Crippen molar-refractivity contribution in [1.29, 1.82) is 0 Å². The second kappa shape index (κ2) is 6.51. The van der Waals surface area contributed by atoms with Gasteiger partial charge in [0.05, 0.1) is 5.69 Å². The Morgan fingerprint density at radius 3 is 2.52 bits per heavy atom. The van der Waals surface area contributed by atoms with Crippen molar-refractivity contribution in [1.82, 2.24) is 10.2 Å². The number of carbonyl (C=O) groups excluding carboxylic acids is 2. The van der Waals surface area contributed by atoms with Crippen LogP contribution in [0.5, 0.6) is 0 Å². The summed E-state index contributed by atoms with van der Waals surface area (Å²) in [7, 11) is 0. The number of anilines is 1. The molecule has 5 nitrogen and oxygen atoms in total. The highest BCUT2D eigenvalue weighted by atomic mass is 19.1. The minimum Gasteiger partial charge on any atom is -0.341 e. The molecule has 3 amide bonds. The van der Waals surface area contributed by atoms with Gasteiger partial charge < -0.3 is 15.5 Å². The van der Waals surface area contributed by atoms with Crippen molar-refractivity contribution < 1.29 is 18.4 Å². The number of hydrogen-bond donors (Lipinski definition) is 2. The first-order valence-corrected chi connectivity index (χ1v) is 6.79. The lowest BCUT2D eigenvalue weighted by Crippen LogP contribution is -2.47. The van der Waals surface area contributed by atoms with E-state index in [4.69, 9.17) is 0 Å². The van der Waals surface area contributed by atoms with Crippen LogP contribution in [-0.2, 0) is 4.79 Å². The molecule has 7 heteroatoms.